The van der Waals surface area contributed by atoms with Crippen molar-refractivity contribution in [2.75, 3.05) is 5.73 Å². The number of alkyl carbamates (subject to hydrolysis) is 1. The van der Waals surface area contributed by atoms with E-state index in [9.17, 15) is 13.2 Å². The number of carbonyl (C=O) groups excluding carboxylic acids is 1. The summed E-state index contributed by atoms with van der Waals surface area (Å²) >= 11 is 1.39. The standard InChI is InChI=1S/C13H17N3O2S2.C9H17NO2/c1-13(2,3)16-20(17,18)12-6-9(14)4-5-10(12)11-7-15-8-19-11;1-9(2,3)12-8(11)10-7-5-4-6-7/h4-8,16H,14H2,1-3H3;7H,4-6H2,1-3H3,(H,10,11). The third-order valence-corrected chi connectivity index (χ3v) is 6.86. The number of sulfonamides is 1. The zero-order valence-corrected chi connectivity index (χ0v) is 21.2. The highest BCUT2D eigenvalue weighted by Gasteiger charge is 2.26. The van der Waals surface area contributed by atoms with E-state index >= 15 is 0 Å². The summed E-state index contributed by atoms with van der Waals surface area (Å²) in [4.78, 5) is 16.1. The summed E-state index contributed by atoms with van der Waals surface area (Å²) in [6, 6.07) is 5.23. The Bertz CT molecular complexity index is 1000. The van der Waals surface area contributed by atoms with Gasteiger partial charge in [0.05, 0.1) is 15.3 Å². The van der Waals surface area contributed by atoms with Crippen molar-refractivity contribution in [3.8, 4) is 10.4 Å². The van der Waals surface area contributed by atoms with Gasteiger partial charge in [-0.05, 0) is 72.9 Å². The Morgan fingerprint density at radius 1 is 1.19 bits per heavy atom. The van der Waals surface area contributed by atoms with Crippen molar-refractivity contribution in [1.82, 2.24) is 15.0 Å². The van der Waals surface area contributed by atoms with E-state index in [2.05, 4.69) is 15.0 Å². The number of benzene rings is 1. The molecule has 1 fully saturated rings. The van der Waals surface area contributed by atoms with Crippen LogP contribution in [-0.2, 0) is 14.8 Å². The van der Waals surface area contributed by atoms with Gasteiger partial charge >= 0.3 is 6.09 Å². The van der Waals surface area contributed by atoms with E-state index in [1.807, 2.05) is 20.8 Å². The number of nitrogens with zero attached hydrogens (tertiary/aromatic N) is 1. The van der Waals surface area contributed by atoms with Gasteiger partial charge in [-0.2, -0.15) is 0 Å². The number of thiazole rings is 1. The number of aromatic nitrogens is 1. The minimum atomic E-state index is -3.65. The summed E-state index contributed by atoms with van der Waals surface area (Å²) < 4.78 is 32.8. The SMILES string of the molecule is CC(C)(C)NS(=O)(=O)c1cc(N)ccc1-c1cncs1.CC(C)(C)OC(=O)NC1CCC1. The van der Waals surface area contributed by atoms with E-state index in [-0.39, 0.29) is 16.6 Å². The molecule has 0 atom stereocenters. The Labute approximate surface area is 195 Å². The van der Waals surface area contributed by atoms with Crippen molar-refractivity contribution in [1.29, 1.82) is 0 Å². The molecule has 1 aromatic heterocycles. The van der Waals surface area contributed by atoms with Crippen LogP contribution in [0.1, 0.15) is 60.8 Å². The third kappa shape index (κ3) is 8.40. The maximum absolute atomic E-state index is 12.5. The van der Waals surface area contributed by atoms with Crippen LogP contribution in [0.5, 0.6) is 0 Å². The molecule has 1 amide bonds. The smallest absolute Gasteiger partial charge is 0.407 e. The number of rotatable bonds is 4. The largest absolute Gasteiger partial charge is 0.444 e. The van der Waals surface area contributed by atoms with E-state index in [4.69, 9.17) is 10.5 Å². The second-order valence-corrected chi connectivity index (χ2v) is 12.3. The van der Waals surface area contributed by atoms with Crippen LogP contribution in [-0.4, -0.2) is 36.7 Å². The molecule has 10 heteroatoms. The van der Waals surface area contributed by atoms with E-state index in [0.717, 1.165) is 17.7 Å². The maximum Gasteiger partial charge on any atom is 0.407 e. The van der Waals surface area contributed by atoms with E-state index in [0.29, 0.717) is 17.3 Å². The van der Waals surface area contributed by atoms with Crippen molar-refractivity contribution in [3.63, 3.8) is 0 Å². The monoisotopic (exact) mass is 482 g/mol. The lowest BCUT2D eigenvalue weighted by Crippen LogP contribution is -2.42. The Morgan fingerprint density at radius 3 is 2.31 bits per heavy atom. The molecule has 0 spiro atoms. The van der Waals surface area contributed by atoms with Crippen molar-refractivity contribution in [3.05, 3.63) is 29.9 Å². The predicted molar refractivity (Wildman–Crippen MR) is 129 cm³/mol. The quantitative estimate of drug-likeness (QED) is 0.550. The lowest BCUT2D eigenvalue weighted by atomic mass is 9.93. The number of anilines is 1. The molecule has 178 valence electrons. The Kier molecular flexibility index (Phi) is 8.30. The molecule has 1 aromatic carbocycles. The van der Waals surface area contributed by atoms with Gasteiger partial charge in [-0.1, -0.05) is 6.07 Å². The molecule has 4 N–H and O–H groups in total. The van der Waals surface area contributed by atoms with Crippen LogP contribution in [0.15, 0.2) is 34.8 Å². The van der Waals surface area contributed by atoms with Crippen molar-refractivity contribution < 1.29 is 17.9 Å². The Hall–Kier alpha value is -2.17. The summed E-state index contributed by atoms with van der Waals surface area (Å²) in [7, 11) is -3.65. The normalized spacial score (nSPS) is 14.7. The number of hydrogen-bond donors (Lipinski definition) is 3. The van der Waals surface area contributed by atoms with E-state index < -0.39 is 15.6 Å². The molecule has 2 aromatic rings. The van der Waals surface area contributed by atoms with Crippen LogP contribution in [0.4, 0.5) is 10.5 Å². The first kappa shape index (κ1) is 26.1. The van der Waals surface area contributed by atoms with Gasteiger partial charge in [-0.25, -0.2) is 17.9 Å². The number of amides is 1. The Balaban J connectivity index is 0.000000258. The molecule has 0 unspecified atom stereocenters. The van der Waals surface area contributed by atoms with Gasteiger partial charge in [0.15, 0.2) is 0 Å². The first-order valence-corrected chi connectivity index (χ1v) is 12.8. The predicted octanol–water partition coefficient (Wildman–Crippen LogP) is 4.53. The first-order valence-electron chi connectivity index (χ1n) is 10.5. The summed E-state index contributed by atoms with van der Waals surface area (Å²) in [5, 5.41) is 2.81. The molecule has 1 saturated carbocycles. The molecule has 1 aliphatic carbocycles. The average molecular weight is 483 g/mol. The third-order valence-electron chi connectivity index (χ3n) is 4.26. The molecule has 0 bridgehead atoms. The zero-order valence-electron chi connectivity index (χ0n) is 19.6. The maximum atomic E-state index is 12.5. The summed E-state index contributed by atoms with van der Waals surface area (Å²) in [5.74, 6) is 0. The van der Waals surface area contributed by atoms with Crippen LogP contribution in [0.2, 0.25) is 0 Å². The topological polar surface area (TPSA) is 123 Å². The van der Waals surface area contributed by atoms with Gasteiger partial charge in [-0.3, -0.25) is 4.98 Å². The molecule has 0 aliphatic heterocycles. The van der Waals surface area contributed by atoms with Gasteiger partial charge < -0.3 is 15.8 Å². The van der Waals surface area contributed by atoms with Crippen LogP contribution < -0.4 is 15.8 Å². The van der Waals surface area contributed by atoms with Gasteiger partial charge in [0.2, 0.25) is 10.0 Å². The van der Waals surface area contributed by atoms with Gasteiger partial charge in [-0.15, -0.1) is 11.3 Å². The fourth-order valence-corrected chi connectivity index (χ4v) is 5.20. The summed E-state index contributed by atoms with van der Waals surface area (Å²) in [5.41, 5.74) is 7.48. The van der Waals surface area contributed by atoms with Gasteiger partial charge in [0, 0.05) is 29.0 Å². The van der Waals surface area contributed by atoms with Gasteiger partial charge in [0.25, 0.3) is 0 Å². The fraction of sp³-hybridized carbons (Fsp3) is 0.545. The van der Waals surface area contributed by atoms with Gasteiger partial charge in [0.1, 0.15) is 5.60 Å². The molecular formula is C22H34N4O4S2. The molecule has 1 aliphatic rings. The van der Waals surface area contributed by atoms with Crippen molar-refractivity contribution in [2.24, 2.45) is 0 Å². The highest BCUT2D eigenvalue weighted by atomic mass is 32.2. The zero-order chi connectivity index (χ0) is 24.2. The fourth-order valence-electron chi connectivity index (χ4n) is 2.80. The van der Waals surface area contributed by atoms with Crippen LogP contribution >= 0.6 is 11.3 Å². The number of nitrogens with one attached hydrogen (secondary N) is 2. The minimum Gasteiger partial charge on any atom is -0.444 e. The molecule has 32 heavy (non-hydrogen) atoms. The molecule has 0 radical (unpaired) electrons. The second kappa shape index (κ2) is 10.2. The highest BCUT2D eigenvalue weighted by Crippen LogP contribution is 2.32. The average Bonchev–Trinajstić information content (AvgIpc) is 3.09. The number of ether oxygens (including phenoxy) is 1. The Morgan fingerprint density at radius 2 is 1.84 bits per heavy atom. The van der Waals surface area contributed by atoms with Crippen LogP contribution in [0.25, 0.3) is 10.4 Å². The van der Waals surface area contributed by atoms with E-state index in [1.54, 1.807) is 44.6 Å². The summed E-state index contributed by atoms with van der Waals surface area (Å²) in [6.07, 6.45) is 4.78. The van der Waals surface area contributed by atoms with Crippen molar-refractivity contribution in [2.45, 2.75) is 82.9 Å². The van der Waals surface area contributed by atoms with Crippen LogP contribution in [0, 0.1) is 0 Å². The molecule has 3 rings (SSSR count). The molecule has 1 heterocycles. The minimum absolute atomic E-state index is 0.177. The van der Waals surface area contributed by atoms with Crippen molar-refractivity contribution >= 4 is 33.1 Å². The number of carbonyl (C=O) groups is 1. The first-order chi connectivity index (χ1) is 14.7. The van der Waals surface area contributed by atoms with E-state index in [1.165, 1.54) is 23.8 Å². The number of nitrogen functional groups attached to an aromatic ring is 1. The second-order valence-electron chi connectivity index (χ2n) is 9.75. The number of nitrogens with two attached hydrogens (primary N) is 1. The lowest BCUT2D eigenvalue weighted by Gasteiger charge is -2.28. The summed E-state index contributed by atoms with van der Waals surface area (Å²) in [6.45, 7) is 11.0. The lowest BCUT2D eigenvalue weighted by molar-refractivity contribution is 0.0480. The highest BCUT2D eigenvalue weighted by molar-refractivity contribution is 7.89. The molecular weight excluding hydrogens is 448 g/mol. The number of hydrogen-bond acceptors (Lipinski definition) is 7. The molecule has 0 saturated heterocycles. The van der Waals surface area contributed by atoms with Crippen LogP contribution in [0.3, 0.4) is 0 Å². The molecule has 8 nitrogen and oxygen atoms in total.